The van der Waals surface area contributed by atoms with Gasteiger partial charge < -0.3 is 15.2 Å². The van der Waals surface area contributed by atoms with E-state index in [1.807, 2.05) is 0 Å². The SMILES string of the molecule is CCOc1ccc(Cl)cc1/C=C(\CNC(=O)C(F)(F)F)C(=O)O. The fourth-order valence-electron chi connectivity index (χ4n) is 1.57. The van der Waals surface area contributed by atoms with E-state index in [1.165, 1.54) is 23.5 Å². The van der Waals surface area contributed by atoms with E-state index in [4.69, 9.17) is 21.4 Å². The van der Waals surface area contributed by atoms with Crippen LogP contribution < -0.4 is 10.1 Å². The molecule has 23 heavy (non-hydrogen) atoms. The number of hydrogen-bond acceptors (Lipinski definition) is 3. The lowest BCUT2D eigenvalue weighted by Gasteiger charge is -2.11. The molecule has 2 N–H and O–H groups in total. The molecular weight excluding hydrogens is 339 g/mol. The van der Waals surface area contributed by atoms with Gasteiger partial charge in [-0.2, -0.15) is 13.2 Å². The highest BCUT2D eigenvalue weighted by Crippen LogP contribution is 2.25. The van der Waals surface area contributed by atoms with Gasteiger partial charge in [-0.1, -0.05) is 11.6 Å². The Morgan fingerprint density at radius 1 is 1.39 bits per heavy atom. The molecule has 9 heteroatoms. The first-order chi connectivity index (χ1) is 10.6. The lowest BCUT2D eigenvalue weighted by atomic mass is 10.1. The van der Waals surface area contributed by atoms with Gasteiger partial charge >= 0.3 is 18.1 Å². The van der Waals surface area contributed by atoms with E-state index < -0.39 is 30.2 Å². The van der Waals surface area contributed by atoms with E-state index >= 15 is 0 Å². The van der Waals surface area contributed by atoms with Crippen LogP contribution in [-0.4, -0.2) is 36.3 Å². The van der Waals surface area contributed by atoms with Crippen molar-refractivity contribution in [3.8, 4) is 5.75 Å². The highest BCUT2D eigenvalue weighted by atomic mass is 35.5. The average molecular weight is 352 g/mol. The van der Waals surface area contributed by atoms with Gasteiger partial charge in [0.1, 0.15) is 5.75 Å². The summed E-state index contributed by atoms with van der Waals surface area (Å²) in [6.07, 6.45) is -3.99. The van der Waals surface area contributed by atoms with E-state index in [9.17, 15) is 22.8 Å². The quantitative estimate of drug-likeness (QED) is 0.773. The molecule has 126 valence electrons. The van der Waals surface area contributed by atoms with Crippen molar-refractivity contribution >= 4 is 29.6 Å². The highest BCUT2D eigenvalue weighted by molar-refractivity contribution is 6.30. The van der Waals surface area contributed by atoms with E-state index in [-0.39, 0.29) is 5.56 Å². The van der Waals surface area contributed by atoms with Gasteiger partial charge in [-0.25, -0.2) is 4.79 Å². The fraction of sp³-hybridized carbons (Fsp3) is 0.286. The molecule has 0 bridgehead atoms. The van der Waals surface area contributed by atoms with Crippen molar-refractivity contribution in [1.82, 2.24) is 5.32 Å². The third-order valence-electron chi connectivity index (χ3n) is 2.57. The van der Waals surface area contributed by atoms with Crippen LogP contribution in [0.2, 0.25) is 5.02 Å². The summed E-state index contributed by atoms with van der Waals surface area (Å²) < 4.78 is 41.7. The molecule has 0 aliphatic heterocycles. The molecule has 1 aromatic rings. The van der Waals surface area contributed by atoms with E-state index in [0.29, 0.717) is 17.4 Å². The molecule has 0 heterocycles. The molecular formula is C14H13ClF3NO4. The fourth-order valence-corrected chi connectivity index (χ4v) is 1.75. The number of hydrogen-bond donors (Lipinski definition) is 2. The van der Waals surface area contributed by atoms with Crippen molar-refractivity contribution in [1.29, 1.82) is 0 Å². The van der Waals surface area contributed by atoms with E-state index in [1.54, 1.807) is 6.92 Å². The average Bonchev–Trinajstić information content (AvgIpc) is 2.44. The van der Waals surface area contributed by atoms with Crippen molar-refractivity contribution in [3.63, 3.8) is 0 Å². The summed E-state index contributed by atoms with van der Waals surface area (Å²) in [4.78, 5) is 21.9. The van der Waals surface area contributed by atoms with Gasteiger partial charge in [0.05, 0.1) is 18.7 Å². The Morgan fingerprint density at radius 2 is 2.04 bits per heavy atom. The van der Waals surface area contributed by atoms with Crippen LogP contribution in [0.5, 0.6) is 5.75 Å². The van der Waals surface area contributed by atoms with Crippen molar-refractivity contribution in [3.05, 3.63) is 34.4 Å². The Labute approximate surface area is 134 Å². The predicted octanol–water partition coefficient (Wildman–Crippen LogP) is 2.89. The second-order valence-corrected chi connectivity index (χ2v) is 4.71. The third kappa shape index (κ3) is 5.82. The van der Waals surface area contributed by atoms with Crippen molar-refractivity contribution in [2.45, 2.75) is 13.1 Å². The van der Waals surface area contributed by atoms with Crippen molar-refractivity contribution in [2.24, 2.45) is 0 Å². The number of benzene rings is 1. The third-order valence-corrected chi connectivity index (χ3v) is 2.81. The van der Waals surface area contributed by atoms with Crippen LogP contribution in [0.1, 0.15) is 12.5 Å². The molecule has 0 saturated carbocycles. The Morgan fingerprint density at radius 3 is 2.57 bits per heavy atom. The van der Waals surface area contributed by atoms with Crippen molar-refractivity contribution < 1.29 is 32.6 Å². The summed E-state index contributed by atoms with van der Waals surface area (Å²) in [7, 11) is 0. The molecule has 0 aliphatic carbocycles. The van der Waals surface area contributed by atoms with Crippen LogP contribution >= 0.6 is 11.6 Å². The van der Waals surface area contributed by atoms with E-state index in [0.717, 1.165) is 6.08 Å². The first-order valence-electron chi connectivity index (χ1n) is 6.36. The normalized spacial score (nSPS) is 12.0. The predicted molar refractivity (Wildman–Crippen MR) is 77.3 cm³/mol. The van der Waals surface area contributed by atoms with Crippen LogP contribution in [-0.2, 0) is 9.59 Å². The topological polar surface area (TPSA) is 75.6 Å². The zero-order chi connectivity index (χ0) is 17.6. The minimum absolute atomic E-state index is 0.276. The molecule has 5 nitrogen and oxygen atoms in total. The van der Waals surface area contributed by atoms with Crippen LogP contribution in [0.4, 0.5) is 13.2 Å². The summed E-state index contributed by atoms with van der Waals surface area (Å²) in [5.41, 5.74) is -0.177. The molecule has 0 atom stereocenters. The van der Waals surface area contributed by atoms with Gasteiger partial charge in [0.25, 0.3) is 0 Å². The highest BCUT2D eigenvalue weighted by Gasteiger charge is 2.38. The van der Waals surface area contributed by atoms with E-state index in [2.05, 4.69) is 0 Å². The second-order valence-electron chi connectivity index (χ2n) is 4.27. The molecule has 1 aromatic carbocycles. The molecule has 0 aliphatic rings. The number of amides is 1. The Balaban J connectivity index is 3.06. The maximum atomic E-state index is 12.1. The summed E-state index contributed by atoms with van der Waals surface area (Å²) in [6.45, 7) is 1.21. The summed E-state index contributed by atoms with van der Waals surface area (Å²) in [6, 6.07) is 4.43. The zero-order valence-electron chi connectivity index (χ0n) is 11.9. The molecule has 1 amide bonds. The maximum Gasteiger partial charge on any atom is 0.471 e. The second kappa shape index (κ2) is 7.87. The standard InChI is InChI=1S/C14H13ClF3NO4/c1-2-23-11-4-3-10(15)6-8(11)5-9(12(20)21)7-19-13(22)14(16,17)18/h3-6H,2,7H2,1H3,(H,19,22)(H,20,21)/b9-5+. The first kappa shape index (κ1) is 18.8. The lowest BCUT2D eigenvalue weighted by Crippen LogP contribution is -2.38. The number of nitrogens with one attached hydrogen (secondary N) is 1. The van der Waals surface area contributed by atoms with Crippen LogP contribution in [0.15, 0.2) is 23.8 Å². The van der Waals surface area contributed by atoms with Gasteiger partial charge in [0.15, 0.2) is 0 Å². The van der Waals surface area contributed by atoms with Gasteiger partial charge in [-0.3, -0.25) is 4.79 Å². The Bertz CT molecular complexity index is 629. The van der Waals surface area contributed by atoms with Crippen LogP contribution in [0.25, 0.3) is 6.08 Å². The van der Waals surface area contributed by atoms with Crippen molar-refractivity contribution in [2.75, 3.05) is 13.2 Å². The smallest absolute Gasteiger partial charge is 0.471 e. The number of carboxylic acids is 1. The summed E-state index contributed by atoms with van der Waals surface area (Å²) >= 11 is 5.82. The first-order valence-corrected chi connectivity index (χ1v) is 6.74. The lowest BCUT2D eigenvalue weighted by molar-refractivity contribution is -0.173. The number of alkyl halides is 3. The Kier molecular flexibility index (Phi) is 6.44. The number of carboxylic acid groups (broad SMARTS) is 1. The van der Waals surface area contributed by atoms with Gasteiger partial charge in [0.2, 0.25) is 0 Å². The minimum atomic E-state index is -5.09. The van der Waals surface area contributed by atoms with Gasteiger partial charge in [-0.05, 0) is 31.2 Å². The molecule has 0 radical (unpaired) electrons. The molecule has 0 unspecified atom stereocenters. The molecule has 0 spiro atoms. The number of carbonyl (C=O) groups is 2. The van der Waals surface area contributed by atoms with Crippen LogP contribution in [0.3, 0.4) is 0 Å². The molecule has 0 aromatic heterocycles. The van der Waals surface area contributed by atoms with Gasteiger partial charge in [0, 0.05) is 10.6 Å². The number of aliphatic carboxylic acids is 1. The number of rotatable bonds is 6. The number of ether oxygens (including phenoxy) is 1. The van der Waals surface area contributed by atoms with Gasteiger partial charge in [-0.15, -0.1) is 0 Å². The minimum Gasteiger partial charge on any atom is -0.493 e. The number of halogens is 4. The molecule has 0 saturated heterocycles. The molecule has 1 rings (SSSR count). The van der Waals surface area contributed by atoms with Crippen LogP contribution in [0, 0.1) is 0 Å². The summed E-state index contributed by atoms with van der Waals surface area (Å²) in [5, 5.41) is 10.9. The molecule has 0 fully saturated rings. The number of carbonyl (C=O) groups excluding carboxylic acids is 1. The monoisotopic (exact) mass is 351 g/mol. The Hall–Kier alpha value is -2.22. The largest absolute Gasteiger partial charge is 0.493 e. The maximum absolute atomic E-state index is 12.1. The zero-order valence-corrected chi connectivity index (χ0v) is 12.7. The summed E-state index contributed by atoms with van der Waals surface area (Å²) in [5.74, 6) is -3.38.